The molecule has 0 bridgehead atoms. The van der Waals surface area contributed by atoms with Crippen LogP contribution in [0.3, 0.4) is 0 Å². The molecule has 0 spiro atoms. The van der Waals surface area contributed by atoms with Gasteiger partial charge in [0.15, 0.2) is 0 Å². The Balaban J connectivity index is 2.29. The Labute approximate surface area is 117 Å². The van der Waals surface area contributed by atoms with Crippen molar-refractivity contribution >= 4 is 35.0 Å². The van der Waals surface area contributed by atoms with Crippen molar-refractivity contribution in [1.82, 2.24) is 10.2 Å². The third kappa shape index (κ3) is 2.75. The number of nitro benzene ring substituents is 1. The summed E-state index contributed by atoms with van der Waals surface area (Å²) in [6.45, 7) is -0.554. The SMILES string of the molecule is O=C1CN(C(=O)c2ccc(Cl)c([N+](=O)[O-])c2)CC(=O)N1. The van der Waals surface area contributed by atoms with Gasteiger partial charge in [-0.1, -0.05) is 11.6 Å². The average Bonchev–Trinajstić information content (AvgIpc) is 2.37. The first-order valence-corrected chi connectivity index (χ1v) is 5.82. The van der Waals surface area contributed by atoms with Crippen molar-refractivity contribution in [3.63, 3.8) is 0 Å². The quantitative estimate of drug-likeness (QED) is 0.481. The number of rotatable bonds is 2. The maximum atomic E-state index is 12.1. The molecule has 3 amide bonds. The highest BCUT2D eigenvalue weighted by atomic mass is 35.5. The Morgan fingerprint density at radius 3 is 2.45 bits per heavy atom. The first-order chi connectivity index (χ1) is 9.38. The molecule has 2 rings (SSSR count). The molecule has 1 saturated heterocycles. The second kappa shape index (κ2) is 5.25. The Kier molecular flexibility index (Phi) is 3.66. The van der Waals surface area contributed by atoms with E-state index in [1.165, 1.54) is 12.1 Å². The lowest BCUT2D eigenvalue weighted by Crippen LogP contribution is -2.53. The van der Waals surface area contributed by atoms with Crippen LogP contribution in [-0.4, -0.2) is 40.6 Å². The van der Waals surface area contributed by atoms with E-state index in [0.717, 1.165) is 11.0 Å². The molecule has 1 N–H and O–H groups in total. The highest BCUT2D eigenvalue weighted by molar-refractivity contribution is 6.32. The van der Waals surface area contributed by atoms with Crippen molar-refractivity contribution < 1.29 is 19.3 Å². The minimum absolute atomic E-state index is 0.0106. The number of piperazine rings is 1. The standard InChI is InChI=1S/C11H8ClN3O5/c12-7-2-1-6(3-8(7)15(19)20)11(18)14-4-9(16)13-10(17)5-14/h1-3H,4-5H2,(H,13,16,17). The number of halogens is 1. The van der Waals surface area contributed by atoms with Crippen LogP contribution in [-0.2, 0) is 9.59 Å². The summed E-state index contributed by atoms with van der Waals surface area (Å²) in [6.07, 6.45) is 0. The van der Waals surface area contributed by atoms with Gasteiger partial charge in [-0.3, -0.25) is 29.8 Å². The summed E-state index contributed by atoms with van der Waals surface area (Å²) in [6, 6.07) is 3.54. The number of hydrogen-bond acceptors (Lipinski definition) is 5. The van der Waals surface area contributed by atoms with E-state index in [2.05, 4.69) is 5.32 Å². The van der Waals surface area contributed by atoms with E-state index in [0.29, 0.717) is 0 Å². The van der Waals surface area contributed by atoms with E-state index in [9.17, 15) is 24.5 Å². The normalized spacial score (nSPS) is 14.9. The maximum Gasteiger partial charge on any atom is 0.288 e. The molecule has 0 aliphatic carbocycles. The average molecular weight is 298 g/mol. The smallest absolute Gasteiger partial charge is 0.288 e. The van der Waals surface area contributed by atoms with E-state index in [1.54, 1.807) is 0 Å². The number of amides is 3. The van der Waals surface area contributed by atoms with E-state index in [-0.39, 0.29) is 23.7 Å². The number of carbonyl (C=O) groups excluding carboxylic acids is 3. The van der Waals surface area contributed by atoms with Crippen LogP contribution in [0.2, 0.25) is 5.02 Å². The van der Waals surface area contributed by atoms with Gasteiger partial charge in [-0.15, -0.1) is 0 Å². The van der Waals surface area contributed by atoms with Crippen molar-refractivity contribution in [1.29, 1.82) is 0 Å². The predicted molar refractivity (Wildman–Crippen MR) is 67.2 cm³/mol. The lowest BCUT2D eigenvalue weighted by atomic mass is 10.1. The summed E-state index contributed by atoms with van der Waals surface area (Å²) < 4.78 is 0. The van der Waals surface area contributed by atoms with Gasteiger partial charge in [-0.25, -0.2) is 0 Å². The van der Waals surface area contributed by atoms with E-state index in [1.807, 2.05) is 0 Å². The van der Waals surface area contributed by atoms with Crippen LogP contribution in [0.25, 0.3) is 0 Å². The summed E-state index contributed by atoms with van der Waals surface area (Å²) in [5.74, 6) is -1.84. The van der Waals surface area contributed by atoms with Crippen molar-refractivity contribution in [3.8, 4) is 0 Å². The van der Waals surface area contributed by atoms with Crippen molar-refractivity contribution in [2.24, 2.45) is 0 Å². The van der Waals surface area contributed by atoms with Gasteiger partial charge in [0.2, 0.25) is 11.8 Å². The Hall–Kier alpha value is -2.48. The van der Waals surface area contributed by atoms with Crippen molar-refractivity contribution in [2.75, 3.05) is 13.1 Å². The number of nitrogens with zero attached hydrogens (tertiary/aromatic N) is 2. The van der Waals surface area contributed by atoms with E-state index < -0.39 is 28.3 Å². The van der Waals surface area contributed by atoms with Crippen LogP contribution in [0.1, 0.15) is 10.4 Å². The van der Waals surface area contributed by atoms with Crippen LogP contribution >= 0.6 is 11.6 Å². The highest BCUT2D eigenvalue weighted by Crippen LogP contribution is 2.25. The number of hydrogen-bond donors (Lipinski definition) is 1. The molecule has 0 radical (unpaired) electrons. The van der Waals surface area contributed by atoms with Crippen molar-refractivity contribution in [3.05, 3.63) is 38.9 Å². The minimum atomic E-state index is -0.715. The number of benzene rings is 1. The fourth-order valence-corrected chi connectivity index (χ4v) is 1.94. The summed E-state index contributed by atoms with van der Waals surface area (Å²) in [5, 5.41) is 12.7. The highest BCUT2D eigenvalue weighted by Gasteiger charge is 2.28. The molecule has 0 aromatic heterocycles. The predicted octanol–water partition coefficient (Wildman–Crippen LogP) is 0.347. The van der Waals surface area contributed by atoms with Gasteiger partial charge in [0.1, 0.15) is 18.1 Å². The van der Waals surface area contributed by atoms with Crippen LogP contribution in [0.15, 0.2) is 18.2 Å². The Bertz CT molecular complexity index is 614. The molecular formula is C11H8ClN3O5. The molecule has 1 aliphatic rings. The molecule has 1 aromatic carbocycles. The maximum absolute atomic E-state index is 12.1. The zero-order chi connectivity index (χ0) is 14.9. The fraction of sp³-hybridized carbons (Fsp3) is 0.182. The van der Waals surface area contributed by atoms with Gasteiger partial charge in [0, 0.05) is 11.6 Å². The first kappa shape index (κ1) is 13.9. The third-order valence-corrected chi connectivity index (χ3v) is 2.94. The molecule has 20 heavy (non-hydrogen) atoms. The topological polar surface area (TPSA) is 110 Å². The van der Waals surface area contributed by atoms with Gasteiger partial charge >= 0.3 is 0 Å². The molecule has 0 saturated carbocycles. The van der Waals surface area contributed by atoms with Crippen LogP contribution in [0.5, 0.6) is 0 Å². The van der Waals surface area contributed by atoms with E-state index >= 15 is 0 Å². The number of nitrogens with one attached hydrogen (secondary N) is 1. The summed E-state index contributed by atoms with van der Waals surface area (Å²) >= 11 is 5.64. The number of imide groups is 1. The Morgan fingerprint density at radius 1 is 1.30 bits per heavy atom. The molecule has 0 unspecified atom stereocenters. The molecule has 9 heteroatoms. The van der Waals surface area contributed by atoms with Gasteiger partial charge in [0.25, 0.3) is 11.6 Å². The molecule has 0 atom stereocenters. The van der Waals surface area contributed by atoms with Gasteiger partial charge in [-0.2, -0.15) is 0 Å². The summed E-state index contributed by atoms with van der Waals surface area (Å²) in [7, 11) is 0. The Morgan fingerprint density at radius 2 is 1.90 bits per heavy atom. The summed E-state index contributed by atoms with van der Waals surface area (Å²) in [5.41, 5.74) is -0.422. The lowest BCUT2D eigenvalue weighted by Gasteiger charge is -2.25. The fourth-order valence-electron chi connectivity index (χ4n) is 1.75. The molecule has 8 nitrogen and oxygen atoms in total. The third-order valence-electron chi connectivity index (χ3n) is 2.62. The monoisotopic (exact) mass is 297 g/mol. The summed E-state index contributed by atoms with van der Waals surface area (Å²) in [4.78, 5) is 45.5. The van der Waals surface area contributed by atoms with Crippen LogP contribution in [0.4, 0.5) is 5.69 Å². The number of carbonyl (C=O) groups is 3. The minimum Gasteiger partial charge on any atom is -0.320 e. The van der Waals surface area contributed by atoms with Crippen molar-refractivity contribution in [2.45, 2.75) is 0 Å². The van der Waals surface area contributed by atoms with E-state index in [4.69, 9.17) is 11.6 Å². The molecule has 1 aromatic rings. The second-order valence-corrected chi connectivity index (χ2v) is 4.46. The largest absolute Gasteiger partial charge is 0.320 e. The zero-order valence-electron chi connectivity index (χ0n) is 9.96. The van der Waals surface area contributed by atoms with Gasteiger partial charge < -0.3 is 4.90 Å². The van der Waals surface area contributed by atoms with Crippen LogP contribution in [0, 0.1) is 10.1 Å². The van der Waals surface area contributed by atoms with Gasteiger partial charge in [0.05, 0.1) is 4.92 Å². The van der Waals surface area contributed by atoms with Crippen LogP contribution < -0.4 is 5.32 Å². The van der Waals surface area contributed by atoms with Gasteiger partial charge in [-0.05, 0) is 12.1 Å². The molecule has 104 valence electrons. The molecular weight excluding hydrogens is 290 g/mol. The second-order valence-electron chi connectivity index (χ2n) is 4.06. The first-order valence-electron chi connectivity index (χ1n) is 5.44. The number of nitro groups is 1. The molecule has 1 heterocycles. The molecule has 1 aliphatic heterocycles. The lowest BCUT2D eigenvalue weighted by molar-refractivity contribution is -0.384. The zero-order valence-corrected chi connectivity index (χ0v) is 10.7. The molecule has 1 fully saturated rings.